The number of amides is 1. The molecule has 28 heavy (non-hydrogen) atoms. The van der Waals surface area contributed by atoms with Crippen LogP contribution in [-0.4, -0.2) is 18.0 Å². The van der Waals surface area contributed by atoms with E-state index in [1.54, 1.807) is 0 Å². The monoisotopic (exact) mass is 382 g/mol. The largest absolute Gasteiger partial charge is 0.443 e. The quantitative estimate of drug-likeness (QED) is 0.458. The molecule has 2 aromatic rings. The van der Waals surface area contributed by atoms with Crippen LogP contribution in [0.3, 0.4) is 0 Å². The number of benzene rings is 2. The molecule has 1 unspecified atom stereocenters. The Labute approximate surface area is 167 Å². The first kappa shape index (κ1) is 21.6. The van der Waals surface area contributed by atoms with Gasteiger partial charge in [0.2, 0.25) is 0 Å². The van der Waals surface area contributed by atoms with E-state index in [-0.39, 0.29) is 12.0 Å². The van der Waals surface area contributed by atoms with Gasteiger partial charge in [-0.15, -0.1) is 0 Å². The van der Waals surface area contributed by atoms with E-state index in [9.17, 15) is 9.59 Å². The van der Waals surface area contributed by atoms with Crippen LogP contribution >= 0.6 is 0 Å². The molecular weight excluding hydrogens is 352 g/mol. The van der Waals surface area contributed by atoms with Crippen LogP contribution in [0.2, 0.25) is 0 Å². The Morgan fingerprint density at radius 2 is 1.57 bits per heavy atom. The number of rotatable bonds is 10. The number of hydrogen-bond acceptors (Lipinski definition) is 4. The van der Waals surface area contributed by atoms with Crippen molar-refractivity contribution in [2.75, 3.05) is 0 Å². The van der Waals surface area contributed by atoms with Gasteiger partial charge in [-0.3, -0.25) is 5.43 Å². The first-order valence-corrected chi connectivity index (χ1v) is 9.69. The molecule has 0 aliphatic rings. The molecule has 0 aromatic heterocycles. The third-order valence-electron chi connectivity index (χ3n) is 4.69. The molecule has 0 radical (unpaired) electrons. The number of aldehydes is 1. The minimum Gasteiger partial charge on any atom is -0.443 e. The van der Waals surface area contributed by atoms with E-state index in [1.807, 2.05) is 81.4 Å². The number of nitrogens with one attached hydrogen (secondary N) is 2. The fourth-order valence-corrected chi connectivity index (χ4v) is 2.98. The third-order valence-corrected chi connectivity index (χ3v) is 4.69. The van der Waals surface area contributed by atoms with Crippen molar-refractivity contribution in [1.29, 1.82) is 0 Å². The Bertz CT molecular complexity index is 693. The van der Waals surface area contributed by atoms with Crippen molar-refractivity contribution in [3.05, 3.63) is 71.8 Å². The topological polar surface area (TPSA) is 67.4 Å². The third kappa shape index (κ3) is 7.16. The molecule has 5 heteroatoms. The number of hydrazine groups is 1. The summed E-state index contributed by atoms with van der Waals surface area (Å²) in [5.41, 5.74) is 7.23. The molecule has 0 bridgehead atoms. The lowest BCUT2D eigenvalue weighted by atomic mass is 9.94. The van der Waals surface area contributed by atoms with Gasteiger partial charge in [0.05, 0.1) is 6.04 Å². The molecule has 1 amide bonds. The van der Waals surface area contributed by atoms with Crippen molar-refractivity contribution >= 4 is 12.4 Å². The highest BCUT2D eigenvalue weighted by molar-refractivity contribution is 5.67. The first-order valence-electron chi connectivity index (χ1n) is 9.69. The average Bonchev–Trinajstić information content (AvgIpc) is 2.68. The van der Waals surface area contributed by atoms with Gasteiger partial charge in [0.25, 0.3) is 0 Å². The summed E-state index contributed by atoms with van der Waals surface area (Å²) in [4.78, 5) is 22.9. The van der Waals surface area contributed by atoms with E-state index in [1.165, 1.54) is 0 Å². The molecule has 0 aliphatic carbocycles. The maximum atomic E-state index is 12.3. The molecule has 0 saturated carbocycles. The fourth-order valence-electron chi connectivity index (χ4n) is 2.98. The van der Waals surface area contributed by atoms with E-state index in [0.29, 0.717) is 12.8 Å². The van der Waals surface area contributed by atoms with Crippen molar-refractivity contribution in [1.82, 2.24) is 10.9 Å². The van der Waals surface area contributed by atoms with Crippen LogP contribution in [0.5, 0.6) is 0 Å². The Hall–Kier alpha value is -2.66. The number of hydrogen-bond donors (Lipinski definition) is 2. The molecule has 0 spiro atoms. The molecule has 2 rings (SSSR count). The molecule has 2 N–H and O–H groups in total. The summed E-state index contributed by atoms with van der Waals surface area (Å²) in [7, 11) is 0. The van der Waals surface area contributed by atoms with Gasteiger partial charge in [0, 0.05) is 6.42 Å². The summed E-state index contributed by atoms with van der Waals surface area (Å²) in [5.74, 6) is 0.280. The summed E-state index contributed by atoms with van der Waals surface area (Å²) in [6, 6.07) is 19.6. The molecule has 0 fully saturated rings. The molecule has 0 aliphatic heterocycles. The van der Waals surface area contributed by atoms with E-state index >= 15 is 0 Å². The summed E-state index contributed by atoms with van der Waals surface area (Å²) in [5, 5.41) is 0. The van der Waals surface area contributed by atoms with Crippen molar-refractivity contribution in [3.63, 3.8) is 0 Å². The minimum absolute atomic E-state index is 0.189. The van der Waals surface area contributed by atoms with Gasteiger partial charge < -0.3 is 9.53 Å². The Morgan fingerprint density at radius 3 is 2.07 bits per heavy atom. The molecule has 2 aromatic carbocycles. The lowest BCUT2D eigenvalue weighted by molar-refractivity contribution is -0.108. The molecule has 0 saturated heterocycles. The SMILES string of the molecule is CC(CC=O)CCC(C)(C)OC(=O)NNC(c1ccccc1)c1ccccc1. The second-order valence-electron chi connectivity index (χ2n) is 7.72. The highest BCUT2D eigenvalue weighted by Gasteiger charge is 2.24. The zero-order valence-electron chi connectivity index (χ0n) is 16.9. The summed E-state index contributed by atoms with van der Waals surface area (Å²) < 4.78 is 5.59. The summed E-state index contributed by atoms with van der Waals surface area (Å²) in [6.07, 6.45) is 2.45. The molecular formula is C23H30N2O3. The average molecular weight is 383 g/mol. The maximum Gasteiger partial charge on any atom is 0.422 e. The van der Waals surface area contributed by atoms with Crippen molar-refractivity contribution in [3.8, 4) is 0 Å². The van der Waals surface area contributed by atoms with Gasteiger partial charge in [0.15, 0.2) is 0 Å². The summed E-state index contributed by atoms with van der Waals surface area (Å²) >= 11 is 0. The standard InChI is InChI=1S/C23H30N2O3/c1-18(15-17-26)14-16-23(2,3)28-22(27)25-24-21(19-10-6-4-7-11-19)20-12-8-5-9-13-20/h4-13,17-18,21,24H,14-16H2,1-3H3,(H,25,27). The predicted octanol–water partition coefficient (Wildman–Crippen LogP) is 4.79. The van der Waals surface area contributed by atoms with Gasteiger partial charge in [0.1, 0.15) is 11.9 Å². The lowest BCUT2D eigenvalue weighted by Crippen LogP contribution is -2.44. The number of carbonyl (C=O) groups excluding carboxylic acids is 2. The van der Waals surface area contributed by atoms with Crippen LogP contribution in [0, 0.1) is 5.92 Å². The van der Waals surface area contributed by atoms with E-state index in [4.69, 9.17) is 4.74 Å². The predicted molar refractivity (Wildman–Crippen MR) is 111 cm³/mol. The molecule has 0 heterocycles. The van der Waals surface area contributed by atoms with Crippen LogP contribution in [0.1, 0.15) is 57.2 Å². The van der Waals surface area contributed by atoms with Gasteiger partial charge >= 0.3 is 6.09 Å². The lowest BCUT2D eigenvalue weighted by Gasteiger charge is -2.27. The second-order valence-corrected chi connectivity index (χ2v) is 7.72. The zero-order chi connectivity index (χ0) is 20.4. The number of carbonyl (C=O) groups is 2. The van der Waals surface area contributed by atoms with Crippen LogP contribution in [-0.2, 0) is 9.53 Å². The first-order chi connectivity index (χ1) is 13.4. The van der Waals surface area contributed by atoms with Crippen LogP contribution in [0.25, 0.3) is 0 Å². The molecule has 5 nitrogen and oxygen atoms in total. The Morgan fingerprint density at radius 1 is 1.04 bits per heavy atom. The van der Waals surface area contributed by atoms with Gasteiger partial charge in [-0.05, 0) is 43.7 Å². The zero-order valence-corrected chi connectivity index (χ0v) is 16.9. The highest BCUT2D eigenvalue weighted by atomic mass is 16.6. The molecule has 1 atom stereocenters. The van der Waals surface area contributed by atoms with Crippen LogP contribution < -0.4 is 10.9 Å². The fraction of sp³-hybridized carbons (Fsp3) is 0.391. The summed E-state index contributed by atoms with van der Waals surface area (Å²) in [6.45, 7) is 5.79. The normalized spacial score (nSPS) is 12.4. The molecule has 150 valence electrons. The van der Waals surface area contributed by atoms with Crippen molar-refractivity contribution in [2.24, 2.45) is 5.92 Å². The maximum absolute atomic E-state index is 12.3. The number of ether oxygens (including phenoxy) is 1. The van der Waals surface area contributed by atoms with E-state index in [2.05, 4.69) is 10.9 Å². The Kier molecular flexibility index (Phi) is 8.20. The van der Waals surface area contributed by atoms with Gasteiger partial charge in [-0.1, -0.05) is 67.6 Å². The second kappa shape index (κ2) is 10.6. The van der Waals surface area contributed by atoms with E-state index < -0.39 is 11.7 Å². The highest BCUT2D eigenvalue weighted by Crippen LogP contribution is 2.23. The van der Waals surface area contributed by atoms with E-state index in [0.717, 1.165) is 23.8 Å². The van der Waals surface area contributed by atoms with Gasteiger partial charge in [-0.2, -0.15) is 0 Å². The van der Waals surface area contributed by atoms with Gasteiger partial charge in [-0.25, -0.2) is 10.2 Å². The van der Waals surface area contributed by atoms with Crippen molar-refractivity contribution < 1.29 is 14.3 Å². The Balaban J connectivity index is 1.95. The minimum atomic E-state index is -0.613. The van der Waals surface area contributed by atoms with Crippen LogP contribution in [0.15, 0.2) is 60.7 Å². The smallest absolute Gasteiger partial charge is 0.422 e. The van der Waals surface area contributed by atoms with Crippen LogP contribution in [0.4, 0.5) is 4.79 Å². The van der Waals surface area contributed by atoms with Crippen molar-refractivity contribution in [2.45, 2.75) is 51.7 Å².